The van der Waals surface area contributed by atoms with Crippen molar-refractivity contribution in [2.45, 2.75) is 12.8 Å². The molecule has 0 atom stereocenters. The predicted octanol–water partition coefficient (Wildman–Crippen LogP) is 3.17. The van der Waals surface area contributed by atoms with E-state index in [9.17, 15) is 4.79 Å². The molecule has 5 heteroatoms. The van der Waals surface area contributed by atoms with Crippen LogP contribution in [-0.2, 0) is 6.42 Å². The second-order valence-corrected chi connectivity index (χ2v) is 5.46. The molecule has 1 aliphatic rings. The maximum atomic E-state index is 12.5. The Morgan fingerprint density at radius 1 is 1.27 bits per heavy atom. The van der Waals surface area contributed by atoms with Crippen LogP contribution in [0, 0.1) is 0 Å². The van der Waals surface area contributed by atoms with Gasteiger partial charge in [-0.2, -0.15) is 0 Å². The zero-order valence-electron chi connectivity index (χ0n) is 12.0. The van der Waals surface area contributed by atoms with Crippen LogP contribution in [0.4, 0.5) is 11.5 Å². The quantitative estimate of drug-likeness (QED) is 0.679. The average molecular weight is 292 g/mol. The van der Waals surface area contributed by atoms with Crippen molar-refractivity contribution >= 4 is 28.3 Å². The molecule has 1 amide bonds. The molecule has 0 saturated carbocycles. The van der Waals surface area contributed by atoms with Crippen molar-refractivity contribution in [3.05, 3.63) is 53.9 Å². The minimum Gasteiger partial charge on any atom is -0.370 e. The molecule has 110 valence electrons. The van der Waals surface area contributed by atoms with Crippen LogP contribution in [-0.4, -0.2) is 22.4 Å². The standard InChI is InChI=1S/C17H16N4O/c22-17(14-4-1-5-15-13(14)6-8-18-15)21-12-9-11-3-2-7-19-16(11)20-10-12/h1,4-6,8-10,18H,2-3,7H2,(H,19,20)(H,21,22). The van der Waals surface area contributed by atoms with Gasteiger partial charge in [0.15, 0.2) is 0 Å². The van der Waals surface area contributed by atoms with Crippen molar-refractivity contribution in [2.75, 3.05) is 17.2 Å². The lowest BCUT2D eigenvalue weighted by Gasteiger charge is -2.17. The summed E-state index contributed by atoms with van der Waals surface area (Å²) in [6.07, 6.45) is 5.63. The van der Waals surface area contributed by atoms with Crippen LogP contribution < -0.4 is 10.6 Å². The van der Waals surface area contributed by atoms with Gasteiger partial charge in [0.25, 0.3) is 5.91 Å². The molecule has 0 unspecified atom stereocenters. The maximum Gasteiger partial charge on any atom is 0.256 e. The number of hydrogen-bond acceptors (Lipinski definition) is 3. The molecule has 5 nitrogen and oxygen atoms in total. The first-order chi connectivity index (χ1) is 10.8. The fourth-order valence-electron chi connectivity index (χ4n) is 2.90. The molecule has 0 spiro atoms. The van der Waals surface area contributed by atoms with Crippen LogP contribution >= 0.6 is 0 Å². The molecule has 0 fully saturated rings. The molecule has 3 aromatic rings. The van der Waals surface area contributed by atoms with E-state index in [1.54, 1.807) is 6.20 Å². The Morgan fingerprint density at radius 3 is 3.18 bits per heavy atom. The number of pyridine rings is 1. The van der Waals surface area contributed by atoms with E-state index in [0.717, 1.165) is 47.4 Å². The smallest absolute Gasteiger partial charge is 0.256 e. The first kappa shape index (κ1) is 12.9. The number of rotatable bonds is 2. The molecule has 0 radical (unpaired) electrons. The van der Waals surface area contributed by atoms with Gasteiger partial charge in [-0.15, -0.1) is 0 Å². The highest BCUT2D eigenvalue weighted by molar-refractivity contribution is 6.12. The molecule has 0 saturated heterocycles. The van der Waals surface area contributed by atoms with Gasteiger partial charge in [-0.05, 0) is 42.7 Å². The fourth-order valence-corrected chi connectivity index (χ4v) is 2.90. The molecule has 0 aliphatic carbocycles. The molecule has 4 rings (SSSR count). The minimum absolute atomic E-state index is 0.115. The number of anilines is 2. The number of aryl methyl sites for hydroxylation is 1. The number of amides is 1. The number of benzene rings is 1. The largest absolute Gasteiger partial charge is 0.370 e. The summed E-state index contributed by atoms with van der Waals surface area (Å²) >= 11 is 0. The van der Waals surface area contributed by atoms with Crippen molar-refractivity contribution in [1.82, 2.24) is 9.97 Å². The summed E-state index contributed by atoms with van der Waals surface area (Å²) in [4.78, 5) is 20.0. The summed E-state index contributed by atoms with van der Waals surface area (Å²) in [7, 11) is 0. The van der Waals surface area contributed by atoms with Crippen LogP contribution in [0.2, 0.25) is 0 Å². The van der Waals surface area contributed by atoms with E-state index in [1.165, 1.54) is 0 Å². The number of H-pyrrole nitrogens is 1. The van der Waals surface area contributed by atoms with Crippen LogP contribution in [0.1, 0.15) is 22.3 Å². The molecular weight excluding hydrogens is 276 g/mol. The Hall–Kier alpha value is -2.82. The van der Waals surface area contributed by atoms with Crippen LogP contribution in [0.3, 0.4) is 0 Å². The topological polar surface area (TPSA) is 69.8 Å². The first-order valence-electron chi connectivity index (χ1n) is 7.41. The Kier molecular flexibility index (Phi) is 3.04. The lowest BCUT2D eigenvalue weighted by atomic mass is 10.1. The molecule has 1 aromatic carbocycles. The monoisotopic (exact) mass is 292 g/mol. The predicted molar refractivity (Wildman–Crippen MR) is 87.3 cm³/mol. The normalized spacial score (nSPS) is 13.5. The molecule has 3 N–H and O–H groups in total. The zero-order valence-corrected chi connectivity index (χ0v) is 12.0. The minimum atomic E-state index is -0.115. The Bertz CT molecular complexity index is 853. The SMILES string of the molecule is O=C(Nc1cnc2c(c1)CCCN2)c1cccc2[nH]ccc12. The fraction of sp³-hybridized carbons (Fsp3) is 0.176. The summed E-state index contributed by atoms with van der Waals surface area (Å²) in [5.41, 5.74) is 3.51. The van der Waals surface area contributed by atoms with Crippen molar-refractivity contribution in [3.8, 4) is 0 Å². The van der Waals surface area contributed by atoms with Crippen molar-refractivity contribution in [1.29, 1.82) is 0 Å². The van der Waals surface area contributed by atoms with E-state index in [4.69, 9.17) is 0 Å². The summed E-state index contributed by atoms with van der Waals surface area (Å²) in [6, 6.07) is 9.59. The van der Waals surface area contributed by atoms with Crippen LogP contribution in [0.15, 0.2) is 42.7 Å². The average Bonchev–Trinajstić information content (AvgIpc) is 3.03. The van der Waals surface area contributed by atoms with E-state index in [-0.39, 0.29) is 5.91 Å². The highest BCUT2D eigenvalue weighted by Gasteiger charge is 2.14. The number of aromatic nitrogens is 2. The number of fused-ring (bicyclic) bond motifs is 2. The maximum absolute atomic E-state index is 12.5. The highest BCUT2D eigenvalue weighted by atomic mass is 16.1. The van der Waals surface area contributed by atoms with Crippen molar-refractivity contribution < 1.29 is 4.79 Å². The van der Waals surface area contributed by atoms with E-state index >= 15 is 0 Å². The second-order valence-electron chi connectivity index (χ2n) is 5.46. The Morgan fingerprint density at radius 2 is 2.23 bits per heavy atom. The van der Waals surface area contributed by atoms with E-state index in [2.05, 4.69) is 20.6 Å². The summed E-state index contributed by atoms with van der Waals surface area (Å²) in [5.74, 6) is 0.813. The van der Waals surface area contributed by atoms with Gasteiger partial charge in [0.1, 0.15) is 5.82 Å². The number of carbonyl (C=O) groups is 1. The Balaban J connectivity index is 1.63. The van der Waals surface area contributed by atoms with Gasteiger partial charge in [0.05, 0.1) is 11.9 Å². The van der Waals surface area contributed by atoms with E-state index < -0.39 is 0 Å². The summed E-state index contributed by atoms with van der Waals surface area (Å²) in [5, 5.41) is 7.14. The number of carbonyl (C=O) groups excluding carboxylic acids is 1. The highest BCUT2D eigenvalue weighted by Crippen LogP contribution is 2.23. The van der Waals surface area contributed by atoms with Gasteiger partial charge in [-0.25, -0.2) is 4.98 Å². The number of hydrogen-bond donors (Lipinski definition) is 3. The third kappa shape index (κ3) is 2.20. The number of nitrogens with zero attached hydrogens (tertiary/aromatic N) is 1. The molecule has 1 aliphatic heterocycles. The third-order valence-electron chi connectivity index (χ3n) is 3.98. The molecule has 3 heterocycles. The third-order valence-corrected chi connectivity index (χ3v) is 3.98. The van der Waals surface area contributed by atoms with Crippen molar-refractivity contribution in [3.63, 3.8) is 0 Å². The van der Waals surface area contributed by atoms with E-state index in [0.29, 0.717) is 5.56 Å². The second kappa shape index (κ2) is 5.18. The molecule has 22 heavy (non-hydrogen) atoms. The van der Waals surface area contributed by atoms with Gasteiger partial charge in [-0.3, -0.25) is 4.79 Å². The number of nitrogens with one attached hydrogen (secondary N) is 3. The lowest BCUT2D eigenvalue weighted by molar-refractivity contribution is 0.102. The van der Waals surface area contributed by atoms with Gasteiger partial charge in [0.2, 0.25) is 0 Å². The number of aromatic amines is 1. The summed E-state index contributed by atoms with van der Waals surface area (Å²) < 4.78 is 0. The van der Waals surface area contributed by atoms with Gasteiger partial charge in [0, 0.05) is 29.2 Å². The van der Waals surface area contributed by atoms with Gasteiger partial charge < -0.3 is 15.6 Å². The molecule has 2 aromatic heterocycles. The van der Waals surface area contributed by atoms with Gasteiger partial charge in [-0.1, -0.05) is 6.07 Å². The lowest BCUT2D eigenvalue weighted by Crippen LogP contribution is -2.16. The van der Waals surface area contributed by atoms with Crippen LogP contribution in [0.5, 0.6) is 0 Å². The zero-order chi connectivity index (χ0) is 14.9. The first-order valence-corrected chi connectivity index (χ1v) is 7.41. The van der Waals surface area contributed by atoms with Crippen LogP contribution in [0.25, 0.3) is 10.9 Å². The Labute approximate surface area is 127 Å². The van der Waals surface area contributed by atoms with Gasteiger partial charge >= 0.3 is 0 Å². The molecular formula is C17H16N4O. The summed E-state index contributed by atoms with van der Waals surface area (Å²) in [6.45, 7) is 0.960. The van der Waals surface area contributed by atoms with Crippen molar-refractivity contribution in [2.24, 2.45) is 0 Å². The molecule has 0 bridgehead atoms. The van der Waals surface area contributed by atoms with E-state index in [1.807, 2.05) is 36.5 Å².